The molecule has 1 atom stereocenters. The maximum atomic E-state index is 4.73. The number of imidazole rings is 1. The van der Waals surface area contributed by atoms with E-state index in [1.165, 1.54) is 12.8 Å². The van der Waals surface area contributed by atoms with E-state index in [2.05, 4.69) is 28.7 Å². The number of hydrogen-bond donors (Lipinski definition) is 1. The Labute approximate surface area is 107 Å². The van der Waals surface area contributed by atoms with Gasteiger partial charge in [0.1, 0.15) is 11.3 Å². The molecule has 4 nitrogen and oxygen atoms in total. The van der Waals surface area contributed by atoms with Crippen molar-refractivity contribution in [2.75, 3.05) is 6.54 Å². The fourth-order valence-electron chi connectivity index (χ4n) is 2.73. The molecule has 4 heteroatoms. The first-order valence-corrected chi connectivity index (χ1v) is 6.80. The Bertz CT molecular complexity index is 538. The molecule has 2 aromatic rings. The minimum Gasteiger partial charge on any atom is -0.312 e. The largest absolute Gasteiger partial charge is 0.312 e. The maximum Gasteiger partial charge on any atom is 0.160 e. The minimum absolute atomic E-state index is 0.431. The Kier molecular flexibility index (Phi) is 3.04. The predicted octanol–water partition coefficient (Wildman–Crippen LogP) is 2.31. The molecule has 96 valence electrons. The van der Waals surface area contributed by atoms with E-state index in [-0.39, 0.29) is 0 Å². The molecule has 1 unspecified atom stereocenters. The van der Waals surface area contributed by atoms with Crippen molar-refractivity contribution in [3.05, 3.63) is 24.2 Å². The molecule has 0 radical (unpaired) electrons. The fraction of sp³-hybridized carbons (Fsp3) is 0.571. The van der Waals surface area contributed by atoms with E-state index in [1.54, 1.807) is 0 Å². The zero-order valence-corrected chi connectivity index (χ0v) is 11.1. The van der Waals surface area contributed by atoms with Crippen molar-refractivity contribution in [1.29, 1.82) is 0 Å². The second kappa shape index (κ2) is 4.69. The van der Waals surface area contributed by atoms with Crippen molar-refractivity contribution >= 4 is 11.2 Å². The third kappa shape index (κ3) is 2.01. The highest BCUT2D eigenvalue weighted by molar-refractivity contribution is 5.71. The third-order valence-corrected chi connectivity index (χ3v) is 3.62. The lowest BCUT2D eigenvalue weighted by atomic mass is 10.2. The van der Waals surface area contributed by atoms with E-state index in [9.17, 15) is 0 Å². The molecular formula is C14H20N4. The van der Waals surface area contributed by atoms with Gasteiger partial charge in [-0.3, -0.25) is 0 Å². The van der Waals surface area contributed by atoms with Crippen LogP contribution in [0.5, 0.6) is 0 Å². The van der Waals surface area contributed by atoms with Gasteiger partial charge in [0.05, 0.1) is 0 Å². The van der Waals surface area contributed by atoms with Crippen molar-refractivity contribution in [1.82, 2.24) is 19.9 Å². The molecule has 0 aromatic carbocycles. The normalized spacial score (nSPS) is 20.1. The summed E-state index contributed by atoms with van der Waals surface area (Å²) in [5, 5.41) is 3.55. The molecule has 0 bridgehead atoms. The highest BCUT2D eigenvalue weighted by Crippen LogP contribution is 2.21. The summed E-state index contributed by atoms with van der Waals surface area (Å²) in [4.78, 5) is 9.23. The first kappa shape index (κ1) is 11.7. The van der Waals surface area contributed by atoms with Crippen LogP contribution in [0.15, 0.2) is 18.3 Å². The predicted molar refractivity (Wildman–Crippen MR) is 72.6 cm³/mol. The molecule has 0 aliphatic carbocycles. The van der Waals surface area contributed by atoms with Crippen molar-refractivity contribution in [3.63, 3.8) is 0 Å². The average molecular weight is 244 g/mol. The average Bonchev–Trinajstić information content (AvgIpc) is 2.98. The summed E-state index contributed by atoms with van der Waals surface area (Å²) in [5.74, 6) is 1.58. The quantitative estimate of drug-likeness (QED) is 0.901. The summed E-state index contributed by atoms with van der Waals surface area (Å²) >= 11 is 0. The lowest BCUT2D eigenvalue weighted by Gasteiger charge is -2.15. The Morgan fingerprint density at radius 2 is 2.39 bits per heavy atom. The number of rotatable bonds is 3. The molecule has 1 saturated heterocycles. The van der Waals surface area contributed by atoms with Gasteiger partial charge in [0, 0.05) is 24.7 Å². The number of hydrogen-bond acceptors (Lipinski definition) is 3. The number of pyridine rings is 1. The first-order valence-electron chi connectivity index (χ1n) is 6.80. The molecule has 0 saturated carbocycles. The number of aromatic nitrogens is 3. The second-order valence-corrected chi connectivity index (χ2v) is 5.37. The Morgan fingerprint density at radius 3 is 3.11 bits per heavy atom. The number of nitrogens with one attached hydrogen (secondary N) is 1. The molecular weight excluding hydrogens is 224 g/mol. The lowest BCUT2D eigenvalue weighted by molar-refractivity contribution is 0.496. The van der Waals surface area contributed by atoms with E-state index in [0.29, 0.717) is 12.0 Å². The highest BCUT2D eigenvalue weighted by atomic mass is 15.2. The van der Waals surface area contributed by atoms with E-state index >= 15 is 0 Å². The van der Waals surface area contributed by atoms with Crippen LogP contribution in [0, 0.1) is 0 Å². The highest BCUT2D eigenvalue weighted by Gasteiger charge is 2.20. The smallest absolute Gasteiger partial charge is 0.160 e. The number of nitrogens with zero attached hydrogens (tertiary/aromatic N) is 3. The third-order valence-electron chi connectivity index (χ3n) is 3.62. The zero-order chi connectivity index (χ0) is 12.5. The van der Waals surface area contributed by atoms with Crippen LogP contribution in [0.1, 0.15) is 38.4 Å². The van der Waals surface area contributed by atoms with Crippen LogP contribution in [-0.2, 0) is 6.54 Å². The SMILES string of the molecule is CC(C)c1nc2cccnc2n1CC1CCCN1. The van der Waals surface area contributed by atoms with Gasteiger partial charge >= 0.3 is 0 Å². The number of fused-ring (bicyclic) bond motifs is 1. The molecule has 0 spiro atoms. The summed E-state index contributed by atoms with van der Waals surface area (Å²) in [6.07, 6.45) is 4.39. The summed E-state index contributed by atoms with van der Waals surface area (Å²) in [7, 11) is 0. The van der Waals surface area contributed by atoms with Gasteiger partial charge in [0.2, 0.25) is 0 Å². The lowest BCUT2D eigenvalue weighted by Crippen LogP contribution is -2.27. The van der Waals surface area contributed by atoms with Crippen molar-refractivity contribution in [2.45, 2.75) is 45.2 Å². The van der Waals surface area contributed by atoms with E-state index < -0.39 is 0 Å². The van der Waals surface area contributed by atoms with Crippen LogP contribution >= 0.6 is 0 Å². The summed E-state index contributed by atoms with van der Waals surface area (Å²) in [5.41, 5.74) is 2.04. The summed E-state index contributed by atoms with van der Waals surface area (Å²) < 4.78 is 2.29. The van der Waals surface area contributed by atoms with Gasteiger partial charge in [-0.1, -0.05) is 13.8 Å². The van der Waals surface area contributed by atoms with Gasteiger partial charge in [-0.15, -0.1) is 0 Å². The van der Waals surface area contributed by atoms with Crippen LogP contribution in [0.2, 0.25) is 0 Å². The second-order valence-electron chi connectivity index (χ2n) is 5.37. The monoisotopic (exact) mass is 244 g/mol. The van der Waals surface area contributed by atoms with E-state index in [1.807, 2.05) is 18.3 Å². The van der Waals surface area contributed by atoms with Gasteiger partial charge in [0.15, 0.2) is 5.65 Å². The topological polar surface area (TPSA) is 42.7 Å². The van der Waals surface area contributed by atoms with Crippen molar-refractivity contribution in [2.24, 2.45) is 0 Å². The summed E-state index contributed by atoms with van der Waals surface area (Å²) in [6.45, 7) is 6.52. The first-order chi connectivity index (χ1) is 8.75. The Morgan fingerprint density at radius 1 is 1.50 bits per heavy atom. The summed E-state index contributed by atoms with van der Waals surface area (Å²) in [6, 6.07) is 4.58. The fourth-order valence-corrected chi connectivity index (χ4v) is 2.73. The molecule has 0 amide bonds. The van der Waals surface area contributed by atoms with Crippen molar-refractivity contribution < 1.29 is 0 Å². The van der Waals surface area contributed by atoms with Crippen molar-refractivity contribution in [3.8, 4) is 0 Å². The molecule has 3 rings (SSSR count). The van der Waals surface area contributed by atoms with Gasteiger partial charge in [-0.05, 0) is 31.5 Å². The molecule has 1 N–H and O–H groups in total. The van der Waals surface area contributed by atoms with E-state index in [4.69, 9.17) is 4.98 Å². The molecule has 1 fully saturated rings. The van der Waals surface area contributed by atoms with Crippen LogP contribution in [0.25, 0.3) is 11.2 Å². The molecule has 3 heterocycles. The molecule has 18 heavy (non-hydrogen) atoms. The Hall–Kier alpha value is -1.42. The van der Waals surface area contributed by atoms with Crippen LogP contribution < -0.4 is 5.32 Å². The molecule has 1 aliphatic rings. The minimum atomic E-state index is 0.431. The van der Waals surface area contributed by atoms with Crippen LogP contribution in [-0.4, -0.2) is 27.1 Å². The standard InChI is InChI=1S/C14H20N4/c1-10(2)13-17-12-6-4-8-16-14(12)18(13)9-11-5-3-7-15-11/h4,6,8,10-11,15H,3,5,7,9H2,1-2H3. The van der Waals surface area contributed by atoms with Gasteiger partial charge in [-0.25, -0.2) is 9.97 Å². The Balaban J connectivity index is 2.03. The van der Waals surface area contributed by atoms with E-state index in [0.717, 1.165) is 30.1 Å². The van der Waals surface area contributed by atoms with Gasteiger partial charge in [-0.2, -0.15) is 0 Å². The van der Waals surface area contributed by atoms with Crippen LogP contribution in [0.3, 0.4) is 0 Å². The molecule has 1 aliphatic heterocycles. The zero-order valence-electron chi connectivity index (χ0n) is 11.1. The van der Waals surface area contributed by atoms with Gasteiger partial charge < -0.3 is 9.88 Å². The molecule has 2 aromatic heterocycles. The maximum absolute atomic E-state index is 4.73. The van der Waals surface area contributed by atoms with Crippen LogP contribution in [0.4, 0.5) is 0 Å². The van der Waals surface area contributed by atoms with Gasteiger partial charge in [0.25, 0.3) is 0 Å².